The number of hydrogen-bond donors (Lipinski definition) is 1. The molecule has 1 amide bonds. The van der Waals surface area contributed by atoms with E-state index in [9.17, 15) is 9.59 Å². The number of nitrogens with one attached hydrogen (secondary N) is 1. The Labute approximate surface area is 236 Å². The number of carbonyl (C=O) groups is 2. The molecule has 1 aliphatic rings. The summed E-state index contributed by atoms with van der Waals surface area (Å²) in [4.78, 5) is 29.4. The molecular formula is C28H33IN4O5. The summed E-state index contributed by atoms with van der Waals surface area (Å²) in [6, 6.07) is 13.1. The zero-order chi connectivity index (χ0) is 27.3. The van der Waals surface area contributed by atoms with E-state index in [1.165, 1.54) is 0 Å². The van der Waals surface area contributed by atoms with Crippen LogP contribution in [0, 0.1) is 3.57 Å². The van der Waals surface area contributed by atoms with Crippen molar-refractivity contribution in [3.8, 4) is 22.9 Å². The van der Waals surface area contributed by atoms with Crippen LogP contribution < -0.4 is 10.1 Å². The van der Waals surface area contributed by atoms with Gasteiger partial charge in [-0.25, -0.2) is 14.6 Å². The lowest BCUT2D eigenvalue weighted by Crippen LogP contribution is -2.41. The fraction of sp³-hybridized carbons (Fsp3) is 0.429. The standard InChI is InChI=1S/C28H33IN4O5/c1-5-36-26(34)25-23(29)24(18-9-15-21(16-10-18)37-22-8-6-7-17-30-22)32-33(25)20-13-11-19(12-14-20)31-27(35)38-28(2,3)4/h6-10,15-17,19-20H,5,11-14H2,1-4H3,(H,31,35)/t19-,20+. The Balaban J connectivity index is 1.52. The number of rotatable bonds is 7. The molecule has 0 atom stereocenters. The number of halogens is 1. The van der Waals surface area contributed by atoms with Gasteiger partial charge in [0, 0.05) is 23.9 Å². The SMILES string of the molecule is CCOC(=O)c1c(I)c(-c2ccc(Oc3ccccn3)cc2)nn1[C@H]1CC[C@@H](NC(=O)OC(C)(C)C)CC1. The van der Waals surface area contributed by atoms with Crippen LogP contribution in [0.3, 0.4) is 0 Å². The van der Waals surface area contributed by atoms with Gasteiger partial charge in [0.25, 0.3) is 0 Å². The van der Waals surface area contributed by atoms with Gasteiger partial charge in [0.05, 0.1) is 16.2 Å². The summed E-state index contributed by atoms with van der Waals surface area (Å²) in [5.74, 6) is 0.781. The molecular weight excluding hydrogens is 599 g/mol. The Kier molecular flexibility index (Phi) is 8.91. The summed E-state index contributed by atoms with van der Waals surface area (Å²) in [5.41, 5.74) is 1.50. The molecule has 3 aromatic rings. The average molecular weight is 632 g/mol. The maximum Gasteiger partial charge on any atom is 0.407 e. The fourth-order valence-corrected chi connectivity index (χ4v) is 5.28. The maximum atomic E-state index is 13.0. The topological polar surface area (TPSA) is 105 Å². The first-order valence-corrected chi connectivity index (χ1v) is 13.9. The quantitative estimate of drug-likeness (QED) is 0.233. The van der Waals surface area contributed by atoms with Gasteiger partial charge in [-0.3, -0.25) is 4.68 Å². The predicted molar refractivity (Wildman–Crippen MR) is 151 cm³/mol. The molecule has 1 aliphatic carbocycles. The normalized spacial score (nSPS) is 17.5. The Hall–Kier alpha value is -3.15. The van der Waals surface area contributed by atoms with E-state index in [1.54, 1.807) is 19.2 Å². The number of aromatic nitrogens is 3. The summed E-state index contributed by atoms with van der Waals surface area (Å²) in [6.45, 7) is 7.61. The van der Waals surface area contributed by atoms with Crippen molar-refractivity contribution < 1.29 is 23.8 Å². The second-order valence-corrected chi connectivity index (χ2v) is 11.2. The highest BCUT2D eigenvalue weighted by atomic mass is 127. The van der Waals surface area contributed by atoms with Crippen molar-refractivity contribution in [1.82, 2.24) is 20.1 Å². The molecule has 0 saturated heterocycles. The maximum absolute atomic E-state index is 13.0. The third-order valence-electron chi connectivity index (χ3n) is 6.07. The minimum Gasteiger partial charge on any atom is -0.461 e. The third kappa shape index (κ3) is 7.03. The monoisotopic (exact) mass is 632 g/mol. The Bertz CT molecular complexity index is 1250. The molecule has 0 spiro atoms. The lowest BCUT2D eigenvalue weighted by Gasteiger charge is -2.30. The molecule has 4 rings (SSSR count). The van der Waals surface area contributed by atoms with E-state index in [0.717, 1.165) is 34.8 Å². The zero-order valence-electron chi connectivity index (χ0n) is 22.1. The van der Waals surface area contributed by atoms with Crippen molar-refractivity contribution in [3.63, 3.8) is 0 Å². The summed E-state index contributed by atoms with van der Waals surface area (Å²) in [6.07, 6.45) is 4.33. The average Bonchev–Trinajstić information content (AvgIpc) is 3.21. The molecule has 1 N–H and O–H groups in total. The van der Waals surface area contributed by atoms with E-state index in [4.69, 9.17) is 19.3 Å². The van der Waals surface area contributed by atoms with Crippen LogP contribution >= 0.6 is 22.6 Å². The second kappa shape index (κ2) is 12.1. The first kappa shape index (κ1) is 27.9. The lowest BCUT2D eigenvalue weighted by molar-refractivity contribution is 0.0487. The third-order valence-corrected chi connectivity index (χ3v) is 7.09. The zero-order valence-corrected chi connectivity index (χ0v) is 24.2. The molecule has 0 aliphatic heterocycles. The highest BCUT2D eigenvalue weighted by Crippen LogP contribution is 2.35. The number of benzene rings is 1. The Morgan fingerprint density at radius 2 is 1.79 bits per heavy atom. The van der Waals surface area contributed by atoms with Crippen molar-refractivity contribution in [2.24, 2.45) is 0 Å². The molecule has 9 nitrogen and oxygen atoms in total. The van der Waals surface area contributed by atoms with Gasteiger partial charge in [-0.05, 0) is 106 Å². The van der Waals surface area contributed by atoms with Crippen LogP contribution in [0.1, 0.15) is 69.9 Å². The highest BCUT2D eigenvalue weighted by Gasteiger charge is 2.31. The van der Waals surface area contributed by atoms with Crippen LogP contribution in [-0.4, -0.2) is 45.1 Å². The van der Waals surface area contributed by atoms with Crippen molar-refractivity contribution in [1.29, 1.82) is 0 Å². The predicted octanol–water partition coefficient (Wildman–Crippen LogP) is 6.53. The summed E-state index contributed by atoms with van der Waals surface area (Å²) < 4.78 is 19.2. The molecule has 1 aromatic carbocycles. The molecule has 1 saturated carbocycles. The van der Waals surface area contributed by atoms with E-state index in [0.29, 0.717) is 23.0 Å². The number of carbonyl (C=O) groups excluding carboxylic acids is 2. The number of alkyl carbamates (subject to hydrolysis) is 1. The van der Waals surface area contributed by atoms with Crippen LogP contribution in [-0.2, 0) is 9.47 Å². The largest absolute Gasteiger partial charge is 0.461 e. The minimum atomic E-state index is -0.541. The van der Waals surface area contributed by atoms with Gasteiger partial charge in [0.1, 0.15) is 17.0 Å². The number of pyridine rings is 1. The lowest BCUT2D eigenvalue weighted by atomic mass is 9.91. The van der Waals surface area contributed by atoms with E-state index in [-0.39, 0.29) is 24.7 Å². The van der Waals surface area contributed by atoms with E-state index < -0.39 is 11.7 Å². The van der Waals surface area contributed by atoms with Gasteiger partial charge in [-0.15, -0.1) is 0 Å². The molecule has 202 valence electrons. The molecule has 0 radical (unpaired) electrons. The molecule has 2 aromatic heterocycles. The molecule has 0 bridgehead atoms. The fourth-order valence-electron chi connectivity index (χ4n) is 4.39. The van der Waals surface area contributed by atoms with Crippen LogP contribution in [0.2, 0.25) is 0 Å². The second-order valence-electron chi connectivity index (χ2n) is 10.1. The number of ether oxygens (including phenoxy) is 3. The molecule has 1 fully saturated rings. The summed E-state index contributed by atoms with van der Waals surface area (Å²) in [5, 5.41) is 7.87. The van der Waals surface area contributed by atoms with Gasteiger partial charge >= 0.3 is 12.1 Å². The molecule has 2 heterocycles. The van der Waals surface area contributed by atoms with Gasteiger partial charge in [0.2, 0.25) is 5.88 Å². The number of hydrogen-bond acceptors (Lipinski definition) is 7. The Morgan fingerprint density at radius 1 is 1.08 bits per heavy atom. The summed E-state index contributed by atoms with van der Waals surface area (Å²) >= 11 is 2.18. The van der Waals surface area contributed by atoms with E-state index in [2.05, 4.69) is 32.9 Å². The smallest absolute Gasteiger partial charge is 0.407 e. The van der Waals surface area contributed by atoms with Crippen molar-refractivity contribution >= 4 is 34.7 Å². The van der Waals surface area contributed by atoms with Gasteiger partial charge < -0.3 is 19.5 Å². The van der Waals surface area contributed by atoms with Crippen LogP contribution in [0.15, 0.2) is 48.7 Å². The number of amides is 1. The van der Waals surface area contributed by atoms with Gasteiger partial charge in [0.15, 0.2) is 5.69 Å². The van der Waals surface area contributed by atoms with Gasteiger partial charge in [-0.1, -0.05) is 6.07 Å². The van der Waals surface area contributed by atoms with E-state index >= 15 is 0 Å². The first-order chi connectivity index (χ1) is 18.1. The first-order valence-electron chi connectivity index (χ1n) is 12.8. The highest BCUT2D eigenvalue weighted by molar-refractivity contribution is 14.1. The van der Waals surface area contributed by atoms with Gasteiger partial charge in [-0.2, -0.15) is 5.10 Å². The molecule has 10 heteroatoms. The van der Waals surface area contributed by atoms with Crippen molar-refractivity contribution in [2.75, 3.05) is 6.61 Å². The van der Waals surface area contributed by atoms with Crippen molar-refractivity contribution in [2.45, 2.75) is 71.1 Å². The van der Waals surface area contributed by atoms with Crippen LogP contribution in [0.5, 0.6) is 11.6 Å². The van der Waals surface area contributed by atoms with Crippen LogP contribution in [0.4, 0.5) is 4.79 Å². The summed E-state index contributed by atoms with van der Waals surface area (Å²) in [7, 11) is 0. The number of esters is 1. The van der Waals surface area contributed by atoms with Crippen molar-refractivity contribution in [3.05, 3.63) is 57.9 Å². The van der Waals surface area contributed by atoms with E-state index in [1.807, 2.05) is 61.9 Å². The molecule has 0 unspecified atom stereocenters. The minimum absolute atomic E-state index is 0.0140. The van der Waals surface area contributed by atoms with Crippen LogP contribution in [0.25, 0.3) is 11.3 Å². The number of nitrogens with zero attached hydrogens (tertiary/aromatic N) is 3. The Morgan fingerprint density at radius 3 is 2.39 bits per heavy atom. The molecule has 38 heavy (non-hydrogen) atoms.